The summed E-state index contributed by atoms with van der Waals surface area (Å²) in [5.41, 5.74) is -0.479. The molecule has 0 saturated carbocycles. The van der Waals surface area contributed by atoms with Crippen LogP contribution in [0.5, 0.6) is 5.88 Å². The number of pyridine rings is 1. The molecule has 2 heterocycles. The van der Waals surface area contributed by atoms with Gasteiger partial charge >= 0.3 is 6.18 Å². The normalized spacial score (nSPS) is 11.9. The maximum absolute atomic E-state index is 13.7. The van der Waals surface area contributed by atoms with Crippen molar-refractivity contribution in [3.05, 3.63) is 21.4 Å². The molecular weight excluding hydrogens is 348 g/mol. The van der Waals surface area contributed by atoms with Gasteiger partial charge in [0, 0.05) is 0 Å². The molecule has 0 amide bonds. The van der Waals surface area contributed by atoms with Crippen molar-refractivity contribution in [3.8, 4) is 5.88 Å². The van der Waals surface area contributed by atoms with E-state index in [1.54, 1.807) is 0 Å². The molecule has 2 aromatic heterocycles. The highest BCUT2D eigenvalue weighted by Gasteiger charge is 2.30. The third kappa shape index (κ3) is 3.13. The zero-order valence-electron chi connectivity index (χ0n) is 9.10. The summed E-state index contributed by atoms with van der Waals surface area (Å²) in [7, 11) is 0. The molecule has 0 aliphatic carbocycles. The molecule has 4 nitrogen and oxygen atoms in total. The van der Waals surface area contributed by atoms with Crippen molar-refractivity contribution in [2.75, 3.05) is 6.61 Å². The number of rotatable bonds is 2. The number of fused-ring (bicyclic) bond motifs is 1. The molecule has 0 aromatic carbocycles. The van der Waals surface area contributed by atoms with Crippen molar-refractivity contribution in [1.29, 1.82) is 0 Å². The van der Waals surface area contributed by atoms with E-state index in [9.17, 15) is 17.6 Å². The van der Waals surface area contributed by atoms with Crippen LogP contribution in [-0.4, -0.2) is 27.7 Å². The maximum Gasteiger partial charge on any atom is 0.422 e. The average Bonchev–Trinajstić information content (AvgIpc) is 2.31. The van der Waals surface area contributed by atoms with Gasteiger partial charge in [0.2, 0.25) is 11.2 Å². The van der Waals surface area contributed by atoms with Crippen molar-refractivity contribution < 1.29 is 22.3 Å². The van der Waals surface area contributed by atoms with Gasteiger partial charge in [-0.2, -0.15) is 18.2 Å². The number of halogens is 7. The number of nitrogens with zero attached hydrogens (tertiary/aromatic N) is 3. The summed E-state index contributed by atoms with van der Waals surface area (Å²) >= 11 is 16.6. The molecule has 0 atom stereocenters. The first-order chi connectivity index (χ1) is 9.19. The van der Waals surface area contributed by atoms with E-state index in [4.69, 9.17) is 34.8 Å². The number of ether oxygens (including phenoxy) is 1. The van der Waals surface area contributed by atoms with Crippen LogP contribution in [0.3, 0.4) is 0 Å². The fourth-order valence-electron chi connectivity index (χ4n) is 1.30. The zero-order valence-corrected chi connectivity index (χ0v) is 11.4. The molecule has 108 valence electrons. The molecule has 0 spiro atoms. The Labute approximate surface area is 123 Å². The van der Waals surface area contributed by atoms with E-state index in [1.807, 2.05) is 0 Å². The monoisotopic (exact) mass is 349 g/mol. The van der Waals surface area contributed by atoms with Crippen LogP contribution in [0.4, 0.5) is 17.6 Å². The molecule has 2 aromatic rings. The van der Waals surface area contributed by atoms with Gasteiger partial charge in [0.1, 0.15) is 16.1 Å². The van der Waals surface area contributed by atoms with Gasteiger partial charge in [-0.15, -0.1) is 0 Å². The molecule has 0 saturated heterocycles. The lowest BCUT2D eigenvalue weighted by Gasteiger charge is -2.11. The Kier molecular flexibility index (Phi) is 4.08. The van der Waals surface area contributed by atoms with E-state index >= 15 is 0 Å². The Morgan fingerprint density at radius 1 is 1.00 bits per heavy atom. The molecule has 0 fully saturated rings. The summed E-state index contributed by atoms with van der Waals surface area (Å²) in [4.78, 5) is 10.4. The molecule has 11 heteroatoms. The molecule has 20 heavy (non-hydrogen) atoms. The summed E-state index contributed by atoms with van der Waals surface area (Å²) in [6.07, 6.45) is -4.62. The highest BCUT2D eigenvalue weighted by Crippen LogP contribution is 2.34. The summed E-state index contributed by atoms with van der Waals surface area (Å²) in [6, 6.07) is 0. The topological polar surface area (TPSA) is 47.9 Å². The second-order valence-electron chi connectivity index (χ2n) is 3.43. The number of alkyl halides is 3. The minimum Gasteiger partial charge on any atom is -0.467 e. The van der Waals surface area contributed by atoms with Gasteiger partial charge in [-0.3, -0.25) is 0 Å². The summed E-state index contributed by atoms with van der Waals surface area (Å²) in [5.74, 6) is -1.72. The molecule has 2 rings (SSSR count). The van der Waals surface area contributed by atoms with Gasteiger partial charge < -0.3 is 4.74 Å². The van der Waals surface area contributed by atoms with Gasteiger partial charge in [0.25, 0.3) is 0 Å². The predicted octanol–water partition coefficient (Wildman–Crippen LogP) is 4.07. The smallest absolute Gasteiger partial charge is 0.422 e. The van der Waals surface area contributed by atoms with Crippen LogP contribution in [0.15, 0.2) is 0 Å². The first kappa shape index (κ1) is 15.3. The van der Waals surface area contributed by atoms with Crippen molar-refractivity contribution in [2.24, 2.45) is 0 Å². The van der Waals surface area contributed by atoms with Gasteiger partial charge in [-0.25, -0.2) is 14.4 Å². The molecule has 0 unspecified atom stereocenters. The highest BCUT2D eigenvalue weighted by molar-refractivity contribution is 6.37. The lowest BCUT2D eigenvalue weighted by atomic mass is 10.3. The van der Waals surface area contributed by atoms with Gasteiger partial charge in [-0.05, 0) is 11.6 Å². The van der Waals surface area contributed by atoms with Crippen molar-refractivity contribution in [1.82, 2.24) is 15.0 Å². The molecule has 0 N–H and O–H groups in total. The largest absolute Gasteiger partial charge is 0.467 e. The molecule has 0 aliphatic rings. The Hall–Kier alpha value is -1.12. The summed E-state index contributed by atoms with van der Waals surface area (Å²) in [6.45, 7) is -1.66. The minimum atomic E-state index is -4.62. The van der Waals surface area contributed by atoms with E-state index in [0.717, 1.165) is 0 Å². The Bertz CT molecular complexity index is 680. The molecule has 0 aliphatic heterocycles. The van der Waals surface area contributed by atoms with Gasteiger partial charge in [0.15, 0.2) is 17.6 Å². The number of aromatic nitrogens is 3. The Morgan fingerprint density at radius 3 is 2.25 bits per heavy atom. The van der Waals surface area contributed by atoms with Crippen molar-refractivity contribution in [2.45, 2.75) is 6.18 Å². The first-order valence-electron chi connectivity index (χ1n) is 4.76. The molecular formula is C9H2Cl3F4N3O. The van der Waals surface area contributed by atoms with E-state index in [0.29, 0.717) is 0 Å². The molecule has 0 radical (unpaired) electrons. The zero-order chi connectivity index (χ0) is 15.1. The summed E-state index contributed by atoms with van der Waals surface area (Å²) < 4.78 is 54.6. The number of hydrogen-bond acceptors (Lipinski definition) is 4. The number of hydrogen-bond donors (Lipinski definition) is 0. The second-order valence-corrected chi connectivity index (χ2v) is 4.49. The fourth-order valence-corrected chi connectivity index (χ4v) is 1.94. The van der Waals surface area contributed by atoms with Crippen LogP contribution in [0.1, 0.15) is 0 Å². The van der Waals surface area contributed by atoms with E-state index < -0.39 is 45.6 Å². The van der Waals surface area contributed by atoms with E-state index in [1.165, 1.54) is 0 Å². The highest BCUT2D eigenvalue weighted by atomic mass is 35.5. The van der Waals surface area contributed by atoms with E-state index in [-0.39, 0.29) is 5.39 Å². The third-order valence-corrected chi connectivity index (χ3v) is 2.71. The summed E-state index contributed by atoms with van der Waals surface area (Å²) in [5, 5.41) is -1.87. The maximum atomic E-state index is 13.7. The standard InChI is InChI=1S/C9H2Cl3F4N3O/c10-5-2-4(3(13)6(11)18-5)17-8(12)19-7(2)20-1-9(14,15)16/h1H2. The quantitative estimate of drug-likeness (QED) is 0.465. The minimum absolute atomic E-state index is 0.345. The Morgan fingerprint density at radius 2 is 1.65 bits per heavy atom. The van der Waals surface area contributed by atoms with Crippen LogP contribution in [-0.2, 0) is 0 Å². The lowest BCUT2D eigenvalue weighted by molar-refractivity contribution is -0.153. The van der Waals surface area contributed by atoms with Gasteiger partial charge in [-0.1, -0.05) is 23.2 Å². The van der Waals surface area contributed by atoms with Crippen LogP contribution >= 0.6 is 34.8 Å². The average molecular weight is 350 g/mol. The van der Waals surface area contributed by atoms with Crippen LogP contribution < -0.4 is 4.74 Å². The Balaban J connectivity index is 2.62. The fraction of sp³-hybridized carbons (Fsp3) is 0.222. The SMILES string of the molecule is Fc1c(Cl)nc(Cl)c2c(OCC(F)(F)F)nc(Cl)nc12. The van der Waals surface area contributed by atoms with Crippen molar-refractivity contribution >= 4 is 45.7 Å². The lowest BCUT2D eigenvalue weighted by Crippen LogP contribution is -2.20. The van der Waals surface area contributed by atoms with Crippen LogP contribution in [0, 0.1) is 5.82 Å². The van der Waals surface area contributed by atoms with Crippen molar-refractivity contribution in [3.63, 3.8) is 0 Å². The van der Waals surface area contributed by atoms with E-state index in [2.05, 4.69) is 19.7 Å². The predicted molar refractivity (Wildman–Crippen MR) is 63.9 cm³/mol. The second kappa shape index (κ2) is 5.34. The van der Waals surface area contributed by atoms with Gasteiger partial charge in [0.05, 0.1) is 0 Å². The van der Waals surface area contributed by atoms with Crippen LogP contribution in [0.2, 0.25) is 15.6 Å². The molecule has 0 bridgehead atoms. The first-order valence-corrected chi connectivity index (χ1v) is 5.89. The third-order valence-electron chi connectivity index (χ3n) is 2.01. The van der Waals surface area contributed by atoms with Crippen LogP contribution in [0.25, 0.3) is 10.9 Å².